The number of carbonyl (C=O) groups is 1. The molecule has 3 rings (SSSR count). The van der Waals surface area contributed by atoms with Crippen LogP contribution in [0, 0.1) is 6.92 Å². The number of anilines is 1. The Kier molecular flexibility index (Phi) is 5.04. The van der Waals surface area contributed by atoms with Crippen molar-refractivity contribution in [3.8, 4) is 5.88 Å². The summed E-state index contributed by atoms with van der Waals surface area (Å²) in [5, 5.41) is 2.95. The number of aryl methyl sites for hydroxylation is 1. The number of methoxy groups -OCH3 is 1. The Bertz CT molecular complexity index is 751. The molecule has 1 atom stereocenters. The molecule has 1 unspecified atom stereocenters. The molecule has 1 fully saturated rings. The zero-order valence-corrected chi connectivity index (χ0v) is 15.3. The van der Waals surface area contributed by atoms with Gasteiger partial charge in [-0.3, -0.25) is 0 Å². The van der Waals surface area contributed by atoms with Gasteiger partial charge >= 0.3 is 6.03 Å². The molecule has 6 heteroatoms. The van der Waals surface area contributed by atoms with Gasteiger partial charge in [-0.05, 0) is 49.1 Å². The molecule has 24 heavy (non-hydrogen) atoms. The first-order valence-corrected chi connectivity index (χ1v) is 8.71. The van der Waals surface area contributed by atoms with Gasteiger partial charge in [0.1, 0.15) is 0 Å². The van der Waals surface area contributed by atoms with Crippen molar-refractivity contribution in [2.45, 2.75) is 25.8 Å². The van der Waals surface area contributed by atoms with Crippen molar-refractivity contribution >= 4 is 27.6 Å². The number of amides is 2. The maximum atomic E-state index is 12.7. The SMILES string of the molecule is COc1cc(NC(=O)N2CCCC2c2ccc(Br)cc2C)ccn1. The molecule has 1 aliphatic heterocycles. The van der Waals surface area contributed by atoms with E-state index < -0.39 is 0 Å². The number of aromatic nitrogens is 1. The highest BCUT2D eigenvalue weighted by Gasteiger charge is 2.31. The number of nitrogens with zero attached hydrogens (tertiary/aromatic N) is 2. The molecule has 2 aromatic rings. The van der Waals surface area contributed by atoms with E-state index in [0.29, 0.717) is 11.6 Å². The molecule has 1 aromatic heterocycles. The molecule has 5 nitrogen and oxygen atoms in total. The topological polar surface area (TPSA) is 54.5 Å². The standard InChI is InChI=1S/C18H20BrN3O2/c1-12-10-13(19)5-6-15(12)16-4-3-9-22(16)18(23)21-14-7-8-20-17(11-14)24-2/h5-8,10-11,16H,3-4,9H2,1-2H3,(H,20,21,23). The molecular formula is C18H20BrN3O2. The highest BCUT2D eigenvalue weighted by atomic mass is 79.9. The van der Waals surface area contributed by atoms with E-state index in [2.05, 4.69) is 45.3 Å². The molecule has 1 aliphatic rings. The minimum Gasteiger partial charge on any atom is -0.481 e. The number of hydrogen-bond acceptors (Lipinski definition) is 3. The van der Waals surface area contributed by atoms with Crippen molar-refractivity contribution in [1.82, 2.24) is 9.88 Å². The van der Waals surface area contributed by atoms with Gasteiger partial charge in [0.2, 0.25) is 5.88 Å². The number of rotatable bonds is 3. The third-order valence-corrected chi connectivity index (χ3v) is 4.79. The smallest absolute Gasteiger partial charge is 0.322 e. The van der Waals surface area contributed by atoms with Crippen molar-refractivity contribution in [1.29, 1.82) is 0 Å². The maximum absolute atomic E-state index is 12.7. The number of pyridine rings is 1. The molecule has 0 spiro atoms. The fraction of sp³-hybridized carbons (Fsp3) is 0.333. The second kappa shape index (κ2) is 7.21. The molecule has 0 radical (unpaired) electrons. The quantitative estimate of drug-likeness (QED) is 0.838. The summed E-state index contributed by atoms with van der Waals surface area (Å²) in [7, 11) is 1.56. The predicted molar refractivity (Wildman–Crippen MR) is 97.4 cm³/mol. The van der Waals surface area contributed by atoms with Crippen LogP contribution in [0.3, 0.4) is 0 Å². The summed E-state index contributed by atoms with van der Waals surface area (Å²) < 4.78 is 6.16. The summed E-state index contributed by atoms with van der Waals surface area (Å²) in [6.45, 7) is 2.84. The Balaban J connectivity index is 1.78. The Morgan fingerprint density at radius 3 is 2.96 bits per heavy atom. The molecule has 126 valence electrons. The molecular weight excluding hydrogens is 370 g/mol. The lowest BCUT2D eigenvalue weighted by Crippen LogP contribution is -2.34. The van der Waals surface area contributed by atoms with Crippen LogP contribution >= 0.6 is 15.9 Å². The van der Waals surface area contributed by atoms with E-state index in [-0.39, 0.29) is 12.1 Å². The molecule has 0 bridgehead atoms. The number of likely N-dealkylation sites (tertiary alicyclic amines) is 1. The zero-order valence-electron chi connectivity index (χ0n) is 13.8. The highest BCUT2D eigenvalue weighted by Crippen LogP contribution is 2.35. The second-order valence-corrected chi connectivity index (χ2v) is 6.79. The summed E-state index contributed by atoms with van der Waals surface area (Å²) in [6, 6.07) is 9.73. The molecule has 0 saturated carbocycles. The highest BCUT2D eigenvalue weighted by molar-refractivity contribution is 9.10. The Morgan fingerprint density at radius 2 is 2.21 bits per heavy atom. The summed E-state index contributed by atoms with van der Waals surface area (Å²) in [6.07, 6.45) is 3.61. The molecule has 2 heterocycles. The molecule has 1 saturated heterocycles. The number of ether oxygens (including phenoxy) is 1. The van der Waals surface area contributed by atoms with E-state index in [0.717, 1.165) is 23.9 Å². The van der Waals surface area contributed by atoms with Crippen molar-refractivity contribution in [2.75, 3.05) is 19.0 Å². The van der Waals surface area contributed by atoms with Gasteiger partial charge in [-0.15, -0.1) is 0 Å². The zero-order chi connectivity index (χ0) is 17.1. The summed E-state index contributed by atoms with van der Waals surface area (Å²) in [5.41, 5.74) is 3.09. The summed E-state index contributed by atoms with van der Waals surface area (Å²) in [5.74, 6) is 0.481. The van der Waals surface area contributed by atoms with Crippen LogP contribution in [0.15, 0.2) is 41.0 Å². The number of benzene rings is 1. The number of halogens is 1. The Labute approximate surface area is 150 Å². The largest absolute Gasteiger partial charge is 0.481 e. The van der Waals surface area contributed by atoms with Gasteiger partial charge in [0.05, 0.1) is 13.2 Å². The van der Waals surface area contributed by atoms with Gasteiger partial charge in [-0.2, -0.15) is 0 Å². The van der Waals surface area contributed by atoms with Crippen molar-refractivity contribution in [2.24, 2.45) is 0 Å². The second-order valence-electron chi connectivity index (χ2n) is 5.87. The van der Waals surface area contributed by atoms with Crippen molar-refractivity contribution in [3.63, 3.8) is 0 Å². The van der Waals surface area contributed by atoms with Crippen LogP contribution in [0.1, 0.15) is 30.0 Å². The fourth-order valence-corrected chi connectivity index (χ4v) is 3.62. The fourth-order valence-electron chi connectivity index (χ4n) is 3.14. The van der Waals surface area contributed by atoms with Crippen LogP contribution in [-0.2, 0) is 0 Å². The maximum Gasteiger partial charge on any atom is 0.322 e. The minimum atomic E-state index is -0.0897. The van der Waals surface area contributed by atoms with Crippen molar-refractivity contribution in [3.05, 3.63) is 52.1 Å². The van der Waals surface area contributed by atoms with Crippen LogP contribution < -0.4 is 10.1 Å². The van der Waals surface area contributed by atoms with E-state index in [1.807, 2.05) is 11.0 Å². The predicted octanol–water partition coefficient (Wildman–Crippen LogP) is 4.53. The molecule has 1 N–H and O–H groups in total. The first kappa shape index (κ1) is 16.8. The minimum absolute atomic E-state index is 0.0897. The van der Waals surface area contributed by atoms with Crippen LogP contribution in [0.25, 0.3) is 0 Å². The Hall–Kier alpha value is -2.08. The first-order valence-electron chi connectivity index (χ1n) is 7.92. The molecule has 0 aliphatic carbocycles. The van der Waals surface area contributed by atoms with Gasteiger partial charge < -0.3 is 15.0 Å². The van der Waals surface area contributed by atoms with Gasteiger partial charge in [-0.25, -0.2) is 9.78 Å². The van der Waals surface area contributed by atoms with E-state index in [9.17, 15) is 4.79 Å². The Morgan fingerprint density at radius 1 is 1.38 bits per heavy atom. The van der Waals surface area contributed by atoms with Gasteiger partial charge in [0.15, 0.2) is 0 Å². The van der Waals surface area contributed by atoms with Crippen LogP contribution in [0.4, 0.5) is 10.5 Å². The average Bonchev–Trinajstić information content (AvgIpc) is 3.04. The molecule has 2 amide bonds. The summed E-state index contributed by atoms with van der Waals surface area (Å²) >= 11 is 3.50. The molecule has 1 aromatic carbocycles. The van der Waals surface area contributed by atoms with Crippen LogP contribution in [0.5, 0.6) is 5.88 Å². The number of nitrogens with one attached hydrogen (secondary N) is 1. The van der Waals surface area contributed by atoms with Gasteiger partial charge in [0, 0.05) is 29.0 Å². The third-order valence-electron chi connectivity index (χ3n) is 4.30. The monoisotopic (exact) mass is 389 g/mol. The lowest BCUT2D eigenvalue weighted by molar-refractivity contribution is 0.207. The van der Waals surface area contributed by atoms with Crippen LogP contribution in [-0.4, -0.2) is 29.6 Å². The lowest BCUT2D eigenvalue weighted by atomic mass is 9.99. The van der Waals surface area contributed by atoms with E-state index in [1.54, 1.807) is 25.4 Å². The van der Waals surface area contributed by atoms with E-state index >= 15 is 0 Å². The van der Waals surface area contributed by atoms with Crippen molar-refractivity contribution < 1.29 is 9.53 Å². The lowest BCUT2D eigenvalue weighted by Gasteiger charge is -2.26. The number of urea groups is 1. The van der Waals surface area contributed by atoms with Gasteiger partial charge in [-0.1, -0.05) is 22.0 Å². The third kappa shape index (κ3) is 3.53. The summed E-state index contributed by atoms with van der Waals surface area (Å²) in [4.78, 5) is 18.7. The first-order chi connectivity index (χ1) is 11.6. The van der Waals surface area contributed by atoms with E-state index in [1.165, 1.54) is 11.1 Å². The van der Waals surface area contributed by atoms with Crippen LogP contribution in [0.2, 0.25) is 0 Å². The normalized spacial score (nSPS) is 17.0. The van der Waals surface area contributed by atoms with E-state index in [4.69, 9.17) is 4.74 Å². The van der Waals surface area contributed by atoms with Gasteiger partial charge in [0.25, 0.3) is 0 Å². The average molecular weight is 390 g/mol. The number of carbonyl (C=O) groups excluding carboxylic acids is 1. The number of hydrogen-bond donors (Lipinski definition) is 1.